The van der Waals surface area contributed by atoms with Crippen LogP contribution in [0.2, 0.25) is 0 Å². The SMILES string of the molecule is CC(C)N(CCOc1ccc([N+](=O)[O-])cc1)C(=O)NCCN(C)C. The van der Waals surface area contributed by atoms with Gasteiger partial charge in [-0.1, -0.05) is 0 Å². The number of likely N-dealkylation sites (N-methyl/N-ethyl adjacent to an activating group) is 1. The van der Waals surface area contributed by atoms with Gasteiger partial charge in [-0.05, 0) is 40.1 Å². The van der Waals surface area contributed by atoms with Crippen molar-refractivity contribution in [2.24, 2.45) is 0 Å². The molecule has 0 radical (unpaired) electrons. The fourth-order valence-electron chi connectivity index (χ4n) is 2.01. The number of benzene rings is 1. The van der Waals surface area contributed by atoms with E-state index in [4.69, 9.17) is 4.74 Å². The highest BCUT2D eigenvalue weighted by atomic mass is 16.6. The van der Waals surface area contributed by atoms with Gasteiger partial charge in [-0.15, -0.1) is 0 Å². The molecular weight excluding hydrogens is 312 g/mol. The van der Waals surface area contributed by atoms with Crippen molar-refractivity contribution >= 4 is 11.7 Å². The first-order valence-corrected chi connectivity index (χ1v) is 7.87. The number of urea groups is 1. The van der Waals surface area contributed by atoms with Gasteiger partial charge in [-0.3, -0.25) is 10.1 Å². The van der Waals surface area contributed by atoms with Crippen LogP contribution in [0.1, 0.15) is 13.8 Å². The number of hydrogen-bond donors (Lipinski definition) is 1. The summed E-state index contributed by atoms with van der Waals surface area (Å²) < 4.78 is 5.56. The summed E-state index contributed by atoms with van der Waals surface area (Å²) in [6.45, 7) is 5.99. The number of carbonyl (C=O) groups excluding carboxylic acids is 1. The van der Waals surface area contributed by atoms with E-state index >= 15 is 0 Å². The van der Waals surface area contributed by atoms with E-state index in [1.807, 2.05) is 32.8 Å². The molecule has 0 saturated heterocycles. The zero-order valence-electron chi connectivity index (χ0n) is 14.7. The summed E-state index contributed by atoms with van der Waals surface area (Å²) in [5.74, 6) is 0.539. The standard InChI is InChI=1S/C16H26N4O4/c1-13(2)19(16(21)17-9-10-18(3)4)11-12-24-15-7-5-14(6-8-15)20(22)23/h5-8,13H,9-12H2,1-4H3,(H,17,21). The largest absolute Gasteiger partial charge is 0.492 e. The van der Waals surface area contributed by atoms with Crippen molar-refractivity contribution in [2.45, 2.75) is 19.9 Å². The molecule has 0 unspecified atom stereocenters. The van der Waals surface area contributed by atoms with E-state index in [9.17, 15) is 14.9 Å². The number of rotatable bonds is 9. The molecule has 0 saturated carbocycles. The summed E-state index contributed by atoms with van der Waals surface area (Å²) in [5.41, 5.74) is 0.0198. The fraction of sp³-hybridized carbons (Fsp3) is 0.562. The van der Waals surface area contributed by atoms with Gasteiger partial charge in [0.25, 0.3) is 5.69 Å². The number of hydrogen-bond acceptors (Lipinski definition) is 5. The Bertz CT molecular complexity index is 531. The lowest BCUT2D eigenvalue weighted by atomic mass is 10.3. The van der Waals surface area contributed by atoms with Crippen LogP contribution in [0.4, 0.5) is 10.5 Å². The summed E-state index contributed by atoms with van der Waals surface area (Å²) in [6.07, 6.45) is 0. The highest BCUT2D eigenvalue weighted by molar-refractivity contribution is 5.74. The molecule has 0 aliphatic carbocycles. The van der Waals surface area contributed by atoms with Gasteiger partial charge in [0.15, 0.2) is 0 Å². The lowest BCUT2D eigenvalue weighted by Gasteiger charge is -2.27. The van der Waals surface area contributed by atoms with Gasteiger partial charge in [0, 0.05) is 31.3 Å². The minimum atomic E-state index is -0.456. The lowest BCUT2D eigenvalue weighted by molar-refractivity contribution is -0.384. The molecule has 0 fully saturated rings. The average Bonchev–Trinajstić information content (AvgIpc) is 2.51. The van der Waals surface area contributed by atoms with Crippen LogP contribution in [0.25, 0.3) is 0 Å². The Kier molecular flexibility index (Phi) is 7.97. The van der Waals surface area contributed by atoms with E-state index in [0.29, 0.717) is 25.4 Å². The first kappa shape index (κ1) is 19.7. The van der Waals surface area contributed by atoms with E-state index in [-0.39, 0.29) is 17.8 Å². The summed E-state index contributed by atoms with van der Waals surface area (Å²) in [7, 11) is 3.90. The maximum absolute atomic E-state index is 12.2. The van der Waals surface area contributed by atoms with Crippen molar-refractivity contribution in [3.05, 3.63) is 34.4 Å². The first-order chi connectivity index (χ1) is 11.3. The molecule has 0 bridgehead atoms. The summed E-state index contributed by atoms with van der Waals surface area (Å²) in [5, 5.41) is 13.5. The minimum absolute atomic E-state index is 0.0198. The van der Waals surface area contributed by atoms with Crippen LogP contribution < -0.4 is 10.1 Å². The molecule has 0 aliphatic rings. The highest BCUT2D eigenvalue weighted by Gasteiger charge is 2.16. The van der Waals surface area contributed by atoms with Gasteiger partial charge < -0.3 is 19.9 Å². The summed E-state index contributed by atoms with van der Waals surface area (Å²) >= 11 is 0. The molecule has 1 aromatic rings. The third-order valence-corrected chi connectivity index (χ3v) is 3.37. The zero-order chi connectivity index (χ0) is 18.1. The number of amides is 2. The average molecular weight is 338 g/mol. The molecule has 8 nitrogen and oxygen atoms in total. The van der Waals surface area contributed by atoms with E-state index < -0.39 is 4.92 Å². The quantitative estimate of drug-likeness (QED) is 0.549. The van der Waals surface area contributed by atoms with Crippen molar-refractivity contribution in [1.29, 1.82) is 0 Å². The molecule has 0 spiro atoms. The lowest BCUT2D eigenvalue weighted by Crippen LogP contribution is -2.47. The predicted molar refractivity (Wildman–Crippen MR) is 92.4 cm³/mol. The van der Waals surface area contributed by atoms with Crippen molar-refractivity contribution < 1.29 is 14.5 Å². The van der Waals surface area contributed by atoms with E-state index in [1.165, 1.54) is 12.1 Å². The number of nitrogens with zero attached hydrogens (tertiary/aromatic N) is 3. The van der Waals surface area contributed by atoms with E-state index in [2.05, 4.69) is 5.32 Å². The molecule has 1 aromatic carbocycles. The number of ether oxygens (including phenoxy) is 1. The fourth-order valence-corrected chi connectivity index (χ4v) is 2.01. The minimum Gasteiger partial charge on any atom is -0.492 e. The summed E-state index contributed by atoms with van der Waals surface area (Å²) in [4.78, 5) is 26.0. The Morgan fingerprint density at radius 3 is 2.38 bits per heavy atom. The van der Waals surface area contributed by atoms with Crippen LogP contribution in [0.5, 0.6) is 5.75 Å². The van der Waals surface area contributed by atoms with Crippen molar-refractivity contribution in [1.82, 2.24) is 15.1 Å². The molecule has 0 aliphatic heterocycles. The van der Waals surface area contributed by atoms with Crippen LogP contribution in [-0.2, 0) is 0 Å². The maximum atomic E-state index is 12.2. The first-order valence-electron chi connectivity index (χ1n) is 7.87. The van der Waals surface area contributed by atoms with E-state index in [1.54, 1.807) is 17.0 Å². The number of carbonyl (C=O) groups is 1. The van der Waals surface area contributed by atoms with Crippen molar-refractivity contribution in [3.63, 3.8) is 0 Å². The van der Waals surface area contributed by atoms with Crippen LogP contribution >= 0.6 is 0 Å². The van der Waals surface area contributed by atoms with Crippen LogP contribution in [0.3, 0.4) is 0 Å². The molecule has 0 aromatic heterocycles. The second-order valence-electron chi connectivity index (χ2n) is 5.92. The van der Waals surface area contributed by atoms with Crippen LogP contribution in [0, 0.1) is 10.1 Å². The molecule has 0 heterocycles. The number of non-ortho nitro benzene ring substituents is 1. The maximum Gasteiger partial charge on any atom is 0.317 e. The summed E-state index contributed by atoms with van der Waals surface area (Å²) in [6, 6.07) is 5.81. The third kappa shape index (κ3) is 6.82. The second kappa shape index (κ2) is 9.71. The Morgan fingerprint density at radius 2 is 1.88 bits per heavy atom. The molecule has 24 heavy (non-hydrogen) atoms. The Balaban J connectivity index is 2.45. The number of nitro benzene ring substituents is 1. The Labute approximate surface area is 142 Å². The number of nitro groups is 1. The Morgan fingerprint density at radius 1 is 1.25 bits per heavy atom. The van der Waals surface area contributed by atoms with Gasteiger partial charge in [0.1, 0.15) is 12.4 Å². The van der Waals surface area contributed by atoms with Crippen molar-refractivity contribution in [3.8, 4) is 5.75 Å². The predicted octanol–water partition coefficient (Wildman–Crippen LogP) is 1.96. The van der Waals surface area contributed by atoms with Crippen LogP contribution in [0.15, 0.2) is 24.3 Å². The van der Waals surface area contributed by atoms with Gasteiger partial charge in [-0.2, -0.15) is 0 Å². The molecule has 1 N–H and O–H groups in total. The van der Waals surface area contributed by atoms with Gasteiger partial charge in [0.2, 0.25) is 0 Å². The van der Waals surface area contributed by atoms with Gasteiger partial charge >= 0.3 is 6.03 Å². The molecule has 2 amide bonds. The molecule has 134 valence electrons. The highest BCUT2D eigenvalue weighted by Crippen LogP contribution is 2.17. The Hall–Kier alpha value is -2.35. The topological polar surface area (TPSA) is 88.0 Å². The molecule has 8 heteroatoms. The van der Waals surface area contributed by atoms with Crippen LogP contribution in [-0.4, -0.2) is 67.1 Å². The molecular formula is C16H26N4O4. The second-order valence-corrected chi connectivity index (χ2v) is 5.92. The van der Waals surface area contributed by atoms with Gasteiger partial charge in [0.05, 0.1) is 11.5 Å². The third-order valence-electron chi connectivity index (χ3n) is 3.37. The normalized spacial score (nSPS) is 10.8. The molecule has 0 atom stereocenters. The molecule has 1 rings (SSSR count). The smallest absolute Gasteiger partial charge is 0.317 e. The van der Waals surface area contributed by atoms with Crippen molar-refractivity contribution in [2.75, 3.05) is 40.3 Å². The van der Waals surface area contributed by atoms with E-state index in [0.717, 1.165) is 6.54 Å². The zero-order valence-corrected chi connectivity index (χ0v) is 14.7. The van der Waals surface area contributed by atoms with Gasteiger partial charge in [-0.25, -0.2) is 4.79 Å². The number of nitrogens with one attached hydrogen (secondary N) is 1. The monoisotopic (exact) mass is 338 g/mol.